The van der Waals surface area contributed by atoms with Crippen LogP contribution in [0.4, 0.5) is 5.69 Å². The van der Waals surface area contributed by atoms with Crippen molar-refractivity contribution in [3.63, 3.8) is 0 Å². The summed E-state index contributed by atoms with van der Waals surface area (Å²) in [6.45, 7) is 0.260. The van der Waals surface area contributed by atoms with E-state index in [1.54, 1.807) is 66.7 Å². The maximum atomic E-state index is 13.1. The Bertz CT molecular complexity index is 1300. The Labute approximate surface area is 206 Å². The summed E-state index contributed by atoms with van der Waals surface area (Å²) in [6, 6.07) is 19.1. The highest BCUT2D eigenvalue weighted by atomic mass is 16.6. The molecule has 2 aliphatic rings. The number of benzene rings is 3. The fourth-order valence-electron chi connectivity index (χ4n) is 4.16. The molecule has 5 rings (SSSR count). The van der Waals surface area contributed by atoms with Gasteiger partial charge in [0.05, 0.1) is 11.1 Å². The molecule has 0 aromatic heterocycles. The molecular weight excluding hydrogens is 464 g/mol. The molecule has 1 N–H and O–H groups in total. The van der Waals surface area contributed by atoms with E-state index >= 15 is 0 Å². The highest BCUT2D eigenvalue weighted by Crippen LogP contribution is 2.32. The van der Waals surface area contributed by atoms with Crippen molar-refractivity contribution in [2.75, 3.05) is 25.1 Å². The van der Waals surface area contributed by atoms with Gasteiger partial charge in [0.1, 0.15) is 19.3 Å². The van der Waals surface area contributed by atoms with Crippen molar-refractivity contribution in [2.24, 2.45) is 0 Å². The first-order valence-corrected chi connectivity index (χ1v) is 11.4. The quantitative estimate of drug-likeness (QED) is 0.404. The van der Waals surface area contributed by atoms with E-state index in [2.05, 4.69) is 5.32 Å². The summed E-state index contributed by atoms with van der Waals surface area (Å²) in [5.74, 6) is -1.50. The molecule has 3 aromatic rings. The number of esters is 1. The molecule has 0 fully saturated rings. The standard InChI is InChI=1S/C27H22N2O7/c30-24(28-18-10-11-22-23(15-18)35-13-12-34-22)16-36-27(33)21(14-17-6-2-1-3-7-17)29-25(31)19-8-4-5-9-20(19)26(29)32/h1-11,15,21H,12-14,16H2,(H,28,30). The molecule has 0 radical (unpaired) electrons. The zero-order valence-corrected chi connectivity index (χ0v) is 19.1. The molecule has 0 bridgehead atoms. The summed E-state index contributed by atoms with van der Waals surface area (Å²) in [4.78, 5) is 52.6. The average Bonchev–Trinajstić information content (AvgIpc) is 3.16. The predicted molar refractivity (Wildman–Crippen MR) is 128 cm³/mol. The van der Waals surface area contributed by atoms with Gasteiger partial charge in [-0.3, -0.25) is 19.3 Å². The van der Waals surface area contributed by atoms with Gasteiger partial charge in [-0.15, -0.1) is 0 Å². The van der Waals surface area contributed by atoms with Gasteiger partial charge >= 0.3 is 5.97 Å². The zero-order chi connectivity index (χ0) is 25.1. The van der Waals surface area contributed by atoms with E-state index in [-0.39, 0.29) is 17.5 Å². The monoisotopic (exact) mass is 486 g/mol. The third kappa shape index (κ3) is 4.63. The van der Waals surface area contributed by atoms with Crippen molar-refractivity contribution < 1.29 is 33.4 Å². The zero-order valence-electron chi connectivity index (χ0n) is 19.1. The van der Waals surface area contributed by atoms with Gasteiger partial charge in [0.25, 0.3) is 17.7 Å². The third-order valence-corrected chi connectivity index (χ3v) is 5.85. The number of carbonyl (C=O) groups is 4. The van der Waals surface area contributed by atoms with E-state index in [0.717, 1.165) is 10.5 Å². The van der Waals surface area contributed by atoms with Crippen LogP contribution in [0.1, 0.15) is 26.3 Å². The summed E-state index contributed by atoms with van der Waals surface area (Å²) in [5.41, 5.74) is 1.63. The van der Waals surface area contributed by atoms with Crippen LogP contribution in [0.2, 0.25) is 0 Å². The number of ether oxygens (including phenoxy) is 3. The second-order valence-electron chi connectivity index (χ2n) is 8.25. The topological polar surface area (TPSA) is 111 Å². The number of anilines is 1. The molecule has 36 heavy (non-hydrogen) atoms. The van der Waals surface area contributed by atoms with Gasteiger partial charge in [0.15, 0.2) is 18.1 Å². The largest absolute Gasteiger partial charge is 0.486 e. The van der Waals surface area contributed by atoms with Crippen molar-refractivity contribution in [3.05, 3.63) is 89.5 Å². The van der Waals surface area contributed by atoms with Crippen LogP contribution in [0.5, 0.6) is 11.5 Å². The van der Waals surface area contributed by atoms with Gasteiger partial charge in [-0.05, 0) is 29.8 Å². The number of carbonyl (C=O) groups excluding carboxylic acids is 4. The number of nitrogens with zero attached hydrogens (tertiary/aromatic N) is 1. The summed E-state index contributed by atoms with van der Waals surface area (Å²) in [6.07, 6.45) is 0.0505. The Balaban J connectivity index is 1.29. The SMILES string of the molecule is O=C(COC(=O)C(Cc1ccccc1)N1C(=O)c2ccccc2C1=O)Nc1ccc2c(c1)OCCO2. The van der Waals surface area contributed by atoms with Crippen LogP contribution in [0.3, 0.4) is 0 Å². The normalized spacial score (nSPS) is 14.7. The smallest absolute Gasteiger partial charge is 0.330 e. The van der Waals surface area contributed by atoms with E-state index in [4.69, 9.17) is 14.2 Å². The Hall–Kier alpha value is -4.66. The van der Waals surface area contributed by atoms with E-state index < -0.39 is 36.3 Å². The van der Waals surface area contributed by atoms with Crippen LogP contribution < -0.4 is 14.8 Å². The first-order valence-electron chi connectivity index (χ1n) is 11.4. The molecule has 0 spiro atoms. The molecule has 2 aliphatic heterocycles. The number of rotatable bonds is 7. The number of nitrogens with one attached hydrogen (secondary N) is 1. The number of hydrogen-bond acceptors (Lipinski definition) is 7. The Kier molecular flexibility index (Phi) is 6.36. The molecule has 1 unspecified atom stereocenters. The lowest BCUT2D eigenvalue weighted by Crippen LogP contribution is -2.47. The van der Waals surface area contributed by atoms with Gasteiger partial charge in [0, 0.05) is 18.2 Å². The molecule has 3 aromatic carbocycles. The van der Waals surface area contributed by atoms with E-state index in [1.807, 2.05) is 6.07 Å². The molecule has 9 nitrogen and oxygen atoms in total. The van der Waals surface area contributed by atoms with Gasteiger partial charge in [-0.1, -0.05) is 42.5 Å². The fraction of sp³-hybridized carbons (Fsp3) is 0.185. The van der Waals surface area contributed by atoms with E-state index in [0.29, 0.717) is 30.4 Å². The second kappa shape index (κ2) is 9.91. The van der Waals surface area contributed by atoms with E-state index in [1.165, 1.54) is 0 Å². The van der Waals surface area contributed by atoms with Crippen molar-refractivity contribution in [2.45, 2.75) is 12.5 Å². The first-order chi connectivity index (χ1) is 17.5. The third-order valence-electron chi connectivity index (χ3n) is 5.85. The maximum Gasteiger partial charge on any atom is 0.330 e. The lowest BCUT2D eigenvalue weighted by Gasteiger charge is -2.24. The predicted octanol–water partition coefficient (Wildman–Crippen LogP) is 2.85. The summed E-state index contributed by atoms with van der Waals surface area (Å²) < 4.78 is 16.2. The van der Waals surface area contributed by atoms with Crippen LogP contribution in [0.25, 0.3) is 0 Å². The Morgan fingerprint density at radius 3 is 2.19 bits per heavy atom. The number of fused-ring (bicyclic) bond motifs is 2. The first kappa shape index (κ1) is 23.1. The van der Waals surface area contributed by atoms with Crippen LogP contribution in [-0.4, -0.2) is 54.5 Å². The molecule has 182 valence electrons. The molecule has 9 heteroatoms. The summed E-state index contributed by atoms with van der Waals surface area (Å²) in [7, 11) is 0. The lowest BCUT2D eigenvalue weighted by atomic mass is 10.0. The van der Waals surface area contributed by atoms with Gasteiger partial charge in [-0.25, -0.2) is 4.79 Å². The minimum Gasteiger partial charge on any atom is -0.486 e. The van der Waals surface area contributed by atoms with Crippen LogP contribution in [0, 0.1) is 0 Å². The van der Waals surface area contributed by atoms with Gasteiger partial charge < -0.3 is 19.5 Å². The molecule has 2 heterocycles. The van der Waals surface area contributed by atoms with Crippen molar-refractivity contribution in [1.82, 2.24) is 4.90 Å². The molecule has 0 aliphatic carbocycles. The van der Waals surface area contributed by atoms with Crippen molar-refractivity contribution in [1.29, 1.82) is 0 Å². The van der Waals surface area contributed by atoms with Gasteiger partial charge in [0.2, 0.25) is 0 Å². The Morgan fingerprint density at radius 1 is 0.861 bits per heavy atom. The number of imide groups is 1. The second-order valence-corrected chi connectivity index (χ2v) is 8.25. The molecule has 0 saturated heterocycles. The van der Waals surface area contributed by atoms with E-state index in [9.17, 15) is 19.2 Å². The van der Waals surface area contributed by atoms with Crippen LogP contribution in [-0.2, 0) is 20.7 Å². The molecule has 1 atom stereocenters. The summed E-state index contributed by atoms with van der Waals surface area (Å²) >= 11 is 0. The maximum absolute atomic E-state index is 13.1. The molecular formula is C27H22N2O7. The molecule has 3 amide bonds. The Morgan fingerprint density at radius 2 is 1.50 bits per heavy atom. The lowest BCUT2D eigenvalue weighted by molar-refractivity contribution is -0.151. The molecule has 0 saturated carbocycles. The highest BCUT2D eigenvalue weighted by molar-refractivity contribution is 6.22. The summed E-state index contributed by atoms with van der Waals surface area (Å²) in [5, 5.41) is 2.64. The van der Waals surface area contributed by atoms with Crippen molar-refractivity contribution >= 4 is 29.4 Å². The highest BCUT2D eigenvalue weighted by Gasteiger charge is 2.43. The van der Waals surface area contributed by atoms with Crippen LogP contribution >= 0.6 is 0 Å². The minimum absolute atomic E-state index is 0.0505. The van der Waals surface area contributed by atoms with Crippen molar-refractivity contribution in [3.8, 4) is 11.5 Å². The fourth-order valence-corrected chi connectivity index (χ4v) is 4.16. The average molecular weight is 486 g/mol. The van der Waals surface area contributed by atoms with Crippen LogP contribution in [0.15, 0.2) is 72.8 Å². The number of amides is 3. The number of hydrogen-bond donors (Lipinski definition) is 1. The van der Waals surface area contributed by atoms with Gasteiger partial charge in [-0.2, -0.15) is 0 Å². The minimum atomic E-state index is -1.23.